The fourth-order valence-corrected chi connectivity index (χ4v) is 4.12. The Morgan fingerprint density at radius 2 is 2.07 bits per heavy atom. The highest BCUT2D eigenvalue weighted by molar-refractivity contribution is 7.92. The van der Waals surface area contributed by atoms with Crippen molar-refractivity contribution in [2.24, 2.45) is 4.36 Å². The SMILES string of the molecule is CS(C)(=O)=Nc1cc(F)c2c(Cc3ccc(F)cc3O[C@@H]3CCNC3)ncnc2c1. The number of ether oxygens (including phenoxy) is 1. The van der Waals surface area contributed by atoms with Crippen LogP contribution in [-0.4, -0.2) is 45.9 Å². The molecule has 1 N–H and O–H groups in total. The minimum Gasteiger partial charge on any atom is -0.489 e. The molecule has 0 aliphatic carbocycles. The Balaban J connectivity index is 1.73. The predicted octanol–water partition coefficient (Wildman–Crippen LogP) is 3.60. The summed E-state index contributed by atoms with van der Waals surface area (Å²) in [6, 6.07) is 7.15. The highest BCUT2D eigenvalue weighted by Crippen LogP contribution is 2.30. The molecule has 0 bridgehead atoms. The van der Waals surface area contributed by atoms with Crippen molar-refractivity contribution >= 4 is 26.3 Å². The lowest BCUT2D eigenvalue weighted by molar-refractivity contribution is 0.220. The van der Waals surface area contributed by atoms with Crippen LogP contribution in [0.4, 0.5) is 14.5 Å². The van der Waals surface area contributed by atoms with Crippen molar-refractivity contribution in [3.8, 4) is 5.75 Å². The molecule has 0 saturated carbocycles. The third kappa shape index (κ3) is 4.73. The van der Waals surface area contributed by atoms with Gasteiger partial charge in [0.05, 0.1) is 22.3 Å². The molecule has 0 spiro atoms. The minimum atomic E-state index is -2.43. The van der Waals surface area contributed by atoms with Crippen molar-refractivity contribution < 1.29 is 17.7 Å². The molecule has 1 aliphatic heterocycles. The first kappa shape index (κ1) is 20.6. The molecule has 0 unspecified atom stereocenters. The molecule has 1 saturated heterocycles. The summed E-state index contributed by atoms with van der Waals surface area (Å²) >= 11 is 0. The van der Waals surface area contributed by atoms with Crippen LogP contribution in [0.25, 0.3) is 10.9 Å². The van der Waals surface area contributed by atoms with Crippen LogP contribution in [0.3, 0.4) is 0 Å². The van der Waals surface area contributed by atoms with Gasteiger partial charge < -0.3 is 10.1 Å². The molecule has 9 heteroatoms. The van der Waals surface area contributed by atoms with Crippen molar-refractivity contribution in [2.75, 3.05) is 25.6 Å². The zero-order valence-electron chi connectivity index (χ0n) is 16.7. The zero-order chi connectivity index (χ0) is 21.3. The molecular formula is C21H22F2N4O2S. The molecule has 6 nitrogen and oxygen atoms in total. The Labute approximate surface area is 173 Å². The molecule has 0 radical (unpaired) electrons. The summed E-state index contributed by atoms with van der Waals surface area (Å²) < 4.78 is 50.8. The van der Waals surface area contributed by atoms with Crippen LogP contribution in [0.15, 0.2) is 41.0 Å². The van der Waals surface area contributed by atoms with E-state index in [1.54, 1.807) is 12.1 Å². The number of nitrogens with one attached hydrogen (secondary N) is 1. The molecule has 1 atom stereocenters. The molecule has 4 rings (SSSR count). The highest BCUT2D eigenvalue weighted by Gasteiger charge is 2.19. The molecule has 2 heterocycles. The fraction of sp³-hybridized carbons (Fsp3) is 0.333. The van der Waals surface area contributed by atoms with E-state index in [-0.39, 0.29) is 23.6 Å². The van der Waals surface area contributed by atoms with Crippen LogP contribution < -0.4 is 10.1 Å². The average Bonchev–Trinajstić information content (AvgIpc) is 3.15. The van der Waals surface area contributed by atoms with Gasteiger partial charge in [-0.15, -0.1) is 0 Å². The smallest absolute Gasteiger partial charge is 0.136 e. The maximum absolute atomic E-state index is 14.9. The molecular weight excluding hydrogens is 410 g/mol. The Kier molecular flexibility index (Phi) is 5.66. The fourth-order valence-electron chi connectivity index (χ4n) is 3.50. The van der Waals surface area contributed by atoms with Crippen molar-refractivity contribution in [2.45, 2.75) is 18.9 Å². The van der Waals surface area contributed by atoms with E-state index in [4.69, 9.17) is 4.74 Å². The number of halogens is 2. The molecule has 1 aliphatic rings. The number of aromatic nitrogens is 2. The van der Waals surface area contributed by atoms with Gasteiger partial charge in [-0.1, -0.05) is 6.07 Å². The summed E-state index contributed by atoms with van der Waals surface area (Å²) in [7, 11) is -2.43. The maximum Gasteiger partial charge on any atom is 0.136 e. The van der Waals surface area contributed by atoms with E-state index >= 15 is 0 Å². The van der Waals surface area contributed by atoms with Crippen LogP contribution in [-0.2, 0) is 16.1 Å². The molecule has 1 fully saturated rings. The normalized spacial score (nSPS) is 16.7. The first-order valence-corrected chi connectivity index (χ1v) is 11.9. The van der Waals surface area contributed by atoms with Crippen LogP contribution in [0.5, 0.6) is 5.75 Å². The van der Waals surface area contributed by atoms with Crippen molar-refractivity contribution in [3.63, 3.8) is 0 Å². The molecule has 3 aromatic rings. The van der Waals surface area contributed by atoms with Crippen LogP contribution in [0.2, 0.25) is 0 Å². The summed E-state index contributed by atoms with van der Waals surface area (Å²) in [5, 5.41) is 3.47. The number of benzene rings is 2. The van der Waals surface area contributed by atoms with Gasteiger partial charge in [-0.25, -0.2) is 23.0 Å². The number of nitrogens with zero attached hydrogens (tertiary/aromatic N) is 3. The minimum absolute atomic E-state index is 0.0356. The summed E-state index contributed by atoms with van der Waals surface area (Å²) in [6.07, 6.45) is 5.37. The van der Waals surface area contributed by atoms with Crippen LogP contribution in [0.1, 0.15) is 17.7 Å². The molecule has 1 aromatic heterocycles. The van der Waals surface area contributed by atoms with E-state index in [0.29, 0.717) is 29.1 Å². The van der Waals surface area contributed by atoms with Crippen molar-refractivity contribution in [1.29, 1.82) is 0 Å². The third-order valence-corrected chi connectivity index (χ3v) is 5.42. The largest absolute Gasteiger partial charge is 0.489 e. The predicted molar refractivity (Wildman–Crippen MR) is 113 cm³/mol. The van der Waals surface area contributed by atoms with Crippen LogP contribution >= 0.6 is 0 Å². The number of rotatable bonds is 5. The monoisotopic (exact) mass is 432 g/mol. The van der Waals surface area contributed by atoms with Gasteiger partial charge in [-0.3, -0.25) is 0 Å². The van der Waals surface area contributed by atoms with Gasteiger partial charge in [0, 0.05) is 52.9 Å². The second-order valence-corrected chi connectivity index (χ2v) is 10.1. The summed E-state index contributed by atoms with van der Waals surface area (Å²) in [5.74, 6) is -0.512. The van der Waals surface area contributed by atoms with E-state index in [2.05, 4.69) is 19.6 Å². The molecule has 30 heavy (non-hydrogen) atoms. The lowest BCUT2D eigenvalue weighted by atomic mass is 10.0. The average molecular weight is 432 g/mol. The highest BCUT2D eigenvalue weighted by atomic mass is 32.2. The van der Waals surface area contributed by atoms with E-state index in [1.807, 2.05) is 0 Å². The quantitative estimate of drug-likeness (QED) is 0.667. The molecule has 2 aromatic carbocycles. The van der Waals surface area contributed by atoms with E-state index in [1.165, 1.54) is 37.0 Å². The van der Waals surface area contributed by atoms with Gasteiger partial charge in [0.2, 0.25) is 0 Å². The lowest BCUT2D eigenvalue weighted by Crippen LogP contribution is -2.20. The van der Waals surface area contributed by atoms with E-state index < -0.39 is 21.4 Å². The van der Waals surface area contributed by atoms with Crippen molar-refractivity contribution in [1.82, 2.24) is 15.3 Å². The first-order chi connectivity index (χ1) is 14.3. The Morgan fingerprint density at radius 1 is 1.23 bits per heavy atom. The summed E-state index contributed by atoms with van der Waals surface area (Å²) in [6.45, 7) is 1.55. The lowest BCUT2D eigenvalue weighted by Gasteiger charge is -2.16. The van der Waals surface area contributed by atoms with Gasteiger partial charge in [0.25, 0.3) is 0 Å². The van der Waals surface area contributed by atoms with Gasteiger partial charge in [-0.2, -0.15) is 4.36 Å². The van der Waals surface area contributed by atoms with Gasteiger partial charge in [0.15, 0.2) is 0 Å². The standard InChI is InChI=1S/C21H22F2N4O2S/c1-30(2,28)27-15-9-17(23)21-18(25-12-26-19(21)10-15)7-13-3-4-14(22)8-20(13)29-16-5-6-24-11-16/h3-4,8-10,12,16,24H,5-7,11H2,1-2H3/t16-/m1/s1. The third-order valence-electron chi connectivity index (χ3n) is 4.77. The van der Waals surface area contributed by atoms with E-state index in [0.717, 1.165) is 13.0 Å². The van der Waals surface area contributed by atoms with Crippen LogP contribution in [0, 0.1) is 11.6 Å². The Bertz CT molecular complexity index is 1210. The Morgan fingerprint density at radius 3 is 2.80 bits per heavy atom. The zero-order valence-corrected chi connectivity index (χ0v) is 17.5. The summed E-state index contributed by atoms with van der Waals surface area (Å²) in [5.41, 5.74) is 1.80. The topological polar surface area (TPSA) is 76.5 Å². The number of hydrogen-bond acceptors (Lipinski definition) is 6. The first-order valence-electron chi connectivity index (χ1n) is 9.54. The second-order valence-electron chi connectivity index (χ2n) is 7.58. The van der Waals surface area contributed by atoms with Gasteiger partial charge in [0.1, 0.15) is 29.8 Å². The summed E-state index contributed by atoms with van der Waals surface area (Å²) in [4.78, 5) is 8.41. The van der Waals surface area contributed by atoms with E-state index in [9.17, 15) is 13.0 Å². The van der Waals surface area contributed by atoms with Gasteiger partial charge >= 0.3 is 0 Å². The van der Waals surface area contributed by atoms with Gasteiger partial charge in [-0.05, 0) is 25.1 Å². The van der Waals surface area contributed by atoms with Crippen molar-refractivity contribution in [3.05, 3.63) is 59.6 Å². The molecule has 158 valence electrons. The maximum atomic E-state index is 14.9. The second kappa shape index (κ2) is 8.23. The Hall–Kier alpha value is -2.65. The molecule has 0 amide bonds. The number of fused-ring (bicyclic) bond motifs is 1. The number of hydrogen-bond donors (Lipinski definition) is 1.